The maximum absolute atomic E-state index is 12.6. The maximum Gasteiger partial charge on any atom is 0.323 e. The lowest BCUT2D eigenvalue weighted by atomic mass is 10.2. The van der Waals surface area contributed by atoms with Crippen LogP contribution in [0.15, 0.2) is 59.7 Å². The molecule has 2 aromatic carbocycles. The molecule has 2 N–H and O–H groups in total. The lowest BCUT2D eigenvalue weighted by Crippen LogP contribution is -2.23. The number of amides is 2. The summed E-state index contributed by atoms with van der Waals surface area (Å²) in [4.78, 5) is 33.7. The van der Waals surface area contributed by atoms with E-state index in [1.807, 2.05) is 26.8 Å². The van der Waals surface area contributed by atoms with E-state index in [0.717, 1.165) is 5.56 Å². The van der Waals surface area contributed by atoms with Gasteiger partial charge in [0.15, 0.2) is 0 Å². The molecule has 2 aromatic heterocycles. The summed E-state index contributed by atoms with van der Waals surface area (Å²) >= 11 is 6.19. The van der Waals surface area contributed by atoms with Crippen LogP contribution in [-0.4, -0.2) is 25.2 Å². The molecule has 2 heterocycles. The zero-order valence-corrected chi connectivity index (χ0v) is 19.1. The number of carbonyl (C=O) groups is 1. The van der Waals surface area contributed by atoms with E-state index < -0.39 is 6.03 Å². The van der Waals surface area contributed by atoms with E-state index in [1.165, 1.54) is 10.6 Å². The van der Waals surface area contributed by atoms with Gasteiger partial charge in [0.25, 0.3) is 11.3 Å². The molecule has 0 aliphatic carbocycles. The summed E-state index contributed by atoms with van der Waals surface area (Å²) < 4.78 is 8.99. The second-order valence-electron chi connectivity index (χ2n) is 7.76. The smallest absolute Gasteiger partial charge is 0.323 e. The number of para-hydroxylation sites is 2. The van der Waals surface area contributed by atoms with Crippen LogP contribution in [0.1, 0.15) is 31.1 Å². The molecule has 0 unspecified atom stereocenters. The predicted molar refractivity (Wildman–Crippen MR) is 127 cm³/mol. The minimum atomic E-state index is -0.464. The number of hydrogen-bond donors (Lipinski definition) is 2. The number of anilines is 2. The molecule has 0 aliphatic heterocycles. The highest BCUT2D eigenvalue weighted by molar-refractivity contribution is 6.33. The molecule has 4 rings (SSSR count). The van der Waals surface area contributed by atoms with Gasteiger partial charge in [0, 0.05) is 12.1 Å². The van der Waals surface area contributed by atoms with Crippen LogP contribution < -0.4 is 20.9 Å². The molecule has 10 heteroatoms. The van der Waals surface area contributed by atoms with Crippen molar-refractivity contribution in [3.8, 4) is 5.75 Å². The van der Waals surface area contributed by atoms with Crippen molar-refractivity contribution in [1.82, 2.24) is 19.2 Å². The van der Waals surface area contributed by atoms with Gasteiger partial charge in [0.1, 0.15) is 18.7 Å². The van der Waals surface area contributed by atoms with Crippen molar-refractivity contribution in [3.05, 3.63) is 81.5 Å². The van der Waals surface area contributed by atoms with Gasteiger partial charge in [-0.3, -0.25) is 9.48 Å². The normalized spacial score (nSPS) is 11.1. The van der Waals surface area contributed by atoms with Crippen molar-refractivity contribution in [2.75, 3.05) is 10.6 Å². The van der Waals surface area contributed by atoms with Gasteiger partial charge in [-0.05, 0) is 50.6 Å². The average Bonchev–Trinajstić information content (AvgIpc) is 3.20. The number of rotatable bonds is 6. The monoisotopic (exact) mass is 466 g/mol. The molecular weight excluding hydrogens is 444 g/mol. The highest BCUT2D eigenvalue weighted by atomic mass is 35.5. The lowest BCUT2D eigenvalue weighted by molar-refractivity contribution is 0.261. The van der Waals surface area contributed by atoms with Crippen molar-refractivity contribution in [3.63, 3.8) is 0 Å². The summed E-state index contributed by atoms with van der Waals surface area (Å²) in [6.07, 6.45) is 1.58. The number of aromatic nitrogens is 4. The van der Waals surface area contributed by atoms with Crippen molar-refractivity contribution < 1.29 is 9.53 Å². The van der Waals surface area contributed by atoms with Crippen molar-refractivity contribution in [2.45, 2.75) is 33.4 Å². The first-order valence-corrected chi connectivity index (χ1v) is 10.7. The number of nitrogens with one attached hydrogen (secondary N) is 2. The third-order valence-corrected chi connectivity index (χ3v) is 5.18. The van der Waals surface area contributed by atoms with Gasteiger partial charge in [-0.15, -0.1) is 0 Å². The van der Waals surface area contributed by atoms with Gasteiger partial charge in [-0.2, -0.15) is 9.50 Å². The van der Waals surface area contributed by atoms with E-state index in [4.69, 9.17) is 16.3 Å². The van der Waals surface area contributed by atoms with Crippen molar-refractivity contribution >= 4 is 34.8 Å². The number of aryl methyl sites for hydroxylation is 1. The van der Waals surface area contributed by atoms with Gasteiger partial charge < -0.3 is 15.4 Å². The molecule has 0 saturated heterocycles. The number of carbonyl (C=O) groups excluding carboxylic acids is 1. The highest BCUT2D eigenvalue weighted by Gasteiger charge is 2.13. The Kier molecular flexibility index (Phi) is 6.32. The van der Waals surface area contributed by atoms with Crippen LogP contribution in [0.5, 0.6) is 5.75 Å². The summed E-state index contributed by atoms with van der Waals surface area (Å²) in [5.74, 6) is 0.730. The standard InChI is InChI=1S/C23H23ClN6O3/c1-14(2)29-13-25-22-26-16(11-21(31)30(22)29)12-33-20-7-5-4-6-19(20)28-23(32)27-18-9-8-15(3)10-17(18)24/h4-11,13-14H,12H2,1-3H3,(H2,27,28,32). The van der Waals surface area contributed by atoms with E-state index in [-0.39, 0.29) is 18.2 Å². The second kappa shape index (κ2) is 9.33. The van der Waals surface area contributed by atoms with E-state index in [1.54, 1.807) is 47.4 Å². The number of nitrogens with zero attached hydrogens (tertiary/aromatic N) is 4. The van der Waals surface area contributed by atoms with Crippen LogP contribution >= 0.6 is 11.6 Å². The van der Waals surface area contributed by atoms with Crippen LogP contribution in [0.25, 0.3) is 5.78 Å². The molecule has 9 nitrogen and oxygen atoms in total. The Morgan fingerprint density at radius 3 is 2.64 bits per heavy atom. The van der Waals surface area contributed by atoms with E-state index >= 15 is 0 Å². The quantitative estimate of drug-likeness (QED) is 0.430. The Bertz CT molecular complexity index is 1380. The fraction of sp³-hybridized carbons (Fsp3) is 0.217. The first kappa shape index (κ1) is 22.3. The zero-order valence-electron chi connectivity index (χ0n) is 18.4. The van der Waals surface area contributed by atoms with E-state index in [9.17, 15) is 9.59 Å². The van der Waals surface area contributed by atoms with Gasteiger partial charge in [-0.25, -0.2) is 9.78 Å². The average molecular weight is 467 g/mol. The Hall–Kier alpha value is -3.85. The van der Waals surface area contributed by atoms with Crippen LogP contribution in [-0.2, 0) is 6.61 Å². The van der Waals surface area contributed by atoms with Gasteiger partial charge in [-0.1, -0.05) is 29.8 Å². The van der Waals surface area contributed by atoms with Crippen LogP contribution in [0.3, 0.4) is 0 Å². The molecule has 4 aromatic rings. The number of halogens is 1. The van der Waals surface area contributed by atoms with E-state index in [2.05, 4.69) is 20.6 Å². The molecule has 0 radical (unpaired) electrons. The number of hydrogen-bond acceptors (Lipinski definition) is 5. The highest BCUT2D eigenvalue weighted by Crippen LogP contribution is 2.26. The molecule has 33 heavy (non-hydrogen) atoms. The fourth-order valence-corrected chi connectivity index (χ4v) is 3.54. The summed E-state index contributed by atoms with van der Waals surface area (Å²) in [7, 11) is 0. The summed E-state index contributed by atoms with van der Waals surface area (Å²) in [6.45, 7) is 5.86. The van der Waals surface area contributed by atoms with Gasteiger partial charge in [0.2, 0.25) is 0 Å². The number of fused-ring (bicyclic) bond motifs is 1. The number of ether oxygens (including phenoxy) is 1. The van der Waals surface area contributed by atoms with Crippen molar-refractivity contribution in [2.24, 2.45) is 0 Å². The molecule has 0 fully saturated rings. The number of benzene rings is 2. The Labute approximate surface area is 195 Å². The predicted octanol–water partition coefficient (Wildman–Crippen LogP) is 4.66. The van der Waals surface area contributed by atoms with Gasteiger partial charge in [0.05, 0.1) is 22.1 Å². The molecule has 0 saturated carbocycles. The largest absolute Gasteiger partial charge is 0.485 e. The lowest BCUT2D eigenvalue weighted by Gasteiger charge is -2.14. The topological polar surface area (TPSA) is 103 Å². The molecule has 170 valence electrons. The molecular formula is C23H23ClN6O3. The second-order valence-corrected chi connectivity index (χ2v) is 8.17. The van der Waals surface area contributed by atoms with Crippen LogP contribution in [0.4, 0.5) is 16.2 Å². The molecule has 0 bridgehead atoms. The summed E-state index contributed by atoms with van der Waals surface area (Å²) in [6, 6.07) is 13.4. The summed E-state index contributed by atoms with van der Waals surface area (Å²) in [5.41, 5.74) is 2.13. The minimum Gasteiger partial charge on any atom is -0.485 e. The molecule has 0 spiro atoms. The first-order chi connectivity index (χ1) is 15.8. The zero-order chi connectivity index (χ0) is 23.5. The third-order valence-electron chi connectivity index (χ3n) is 4.87. The molecule has 2 amide bonds. The fourth-order valence-electron chi connectivity index (χ4n) is 3.26. The maximum atomic E-state index is 12.6. The molecule has 0 aliphatic rings. The van der Waals surface area contributed by atoms with E-state index in [0.29, 0.717) is 33.6 Å². The molecule has 0 atom stereocenters. The van der Waals surface area contributed by atoms with Crippen LogP contribution in [0, 0.1) is 6.92 Å². The third kappa shape index (κ3) is 4.98. The Morgan fingerprint density at radius 2 is 1.88 bits per heavy atom. The SMILES string of the molecule is Cc1ccc(NC(=O)Nc2ccccc2OCc2cc(=O)n3c(ncn3C(C)C)n2)c(Cl)c1. The minimum absolute atomic E-state index is 0.0321. The Morgan fingerprint density at radius 1 is 1.12 bits per heavy atom. The van der Waals surface area contributed by atoms with Crippen molar-refractivity contribution in [1.29, 1.82) is 0 Å². The Balaban J connectivity index is 1.48. The van der Waals surface area contributed by atoms with Crippen LogP contribution in [0.2, 0.25) is 5.02 Å². The summed E-state index contributed by atoms with van der Waals surface area (Å²) in [5, 5.41) is 5.93. The number of urea groups is 1. The first-order valence-electron chi connectivity index (χ1n) is 10.3. The van der Waals surface area contributed by atoms with Gasteiger partial charge >= 0.3 is 6.03 Å².